The summed E-state index contributed by atoms with van der Waals surface area (Å²) in [5.41, 5.74) is 0.903. The molecule has 1 aromatic heterocycles. The van der Waals surface area contributed by atoms with Crippen LogP contribution >= 0.6 is 18.2 Å². The van der Waals surface area contributed by atoms with E-state index in [1.54, 1.807) is 12.1 Å². The highest BCUT2D eigenvalue weighted by atomic mass is 32.1. The summed E-state index contributed by atoms with van der Waals surface area (Å²) >= 11 is 1.44. The Balaban J connectivity index is 1.70. The van der Waals surface area contributed by atoms with E-state index in [0.717, 1.165) is 26.4 Å². The lowest BCUT2D eigenvalue weighted by Crippen LogP contribution is -2.28. The number of hydrogen-bond donors (Lipinski definition) is 0. The van der Waals surface area contributed by atoms with E-state index in [1.807, 2.05) is 72.5 Å². The molecule has 0 aliphatic carbocycles. The lowest BCUT2D eigenvalue weighted by molar-refractivity contribution is 0.107. The van der Waals surface area contributed by atoms with E-state index >= 15 is 0 Å². The van der Waals surface area contributed by atoms with Gasteiger partial charge in [-0.3, -0.25) is 4.79 Å². The average Bonchev–Trinajstić information content (AvgIpc) is 3.40. The molecule has 0 fully saturated rings. The van der Waals surface area contributed by atoms with Crippen LogP contribution in [0.25, 0.3) is 10.4 Å². The largest absolute Gasteiger partial charge is 0.288 e. The molecule has 0 N–H and O–H groups in total. The van der Waals surface area contributed by atoms with Gasteiger partial charge in [-0.05, 0) is 58.4 Å². The lowest BCUT2D eigenvalue weighted by atomic mass is 10.2. The molecular weight excluding hydrogens is 458 g/mol. The van der Waals surface area contributed by atoms with Crippen molar-refractivity contribution in [2.75, 3.05) is 0 Å². The van der Waals surface area contributed by atoms with Gasteiger partial charge in [0.15, 0.2) is 5.78 Å². The molecule has 0 saturated heterocycles. The van der Waals surface area contributed by atoms with Crippen LogP contribution in [-0.4, -0.2) is 11.6 Å². The third-order valence-electron chi connectivity index (χ3n) is 5.78. The fraction of sp³-hybridized carbons (Fsp3) is 0. The monoisotopic (exact) mass is 480 g/mol. The Morgan fingerprint density at radius 3 is 1.56 bits per heavy atom. The van der Waals surface area contributed by atoms with E-state index in [4.69, 9.17) is 0 Å². The van der Waals surface area contributed by atoms with Gasteiger partial charge < -0.3 is 0 Å². The summed E-state index contributed by atoms with van der Waals surface area (Å²) in [5, 5.41) is 3.41. The van der Waals surface area contributed by atoms with Crippen LogP contribution in [0, 0.1) is 5.82 Å². The van der Waals surface area contributed by atoms with Crippen molar-refractivity contribution in [1.82, 2.24) is 0 Å². The molecule has 1 nitrogen and oxygen atoms in total. The van der Waals surface area contributed by atoms with Crippen molar-refractivity contribution >= 4 is 45.7 Å². The molecule has 166 valence electrons. The third kappa shape index (κ3) is 4.33. The number of Topliss-reactive ketones (excluding diaryl/α,β-unsaturated/α-hetero) is 1. The van der Waals surface area contributed by atoms with E-state index in [0.29, 0.717) is 4.88 Å². The Morgan fingerprint density at radius 1 is 0.618 bits per heavy atom. The van der Waals surface area contributed by atoms with Gasteiger partial charge in [-0.15, -0.1) is 11.3 Å². The molecule has 0 saturated carbocycles. The van der Waals surface area contributed by atoms with E-state index in [9.17, 15) is 9.18 Å². The van der Waals surface area contributed by atoms with Crippen molar-refractivity contribution in [2.24, 2.45) is 0 Å². The van der Waals surface area contributed by atoms with Crippen molar-refractivity contribution in [1.29, 1.82) is 0 Å². The second-order valence-electron chi connectivity index (χ2n) is 7.89. The molecule has 4 heteroatoms. The number of hydrogen-bond acceptors (Lipinski definition) is 2. The zero-order valence-corrected chi connectivity index (χ0v) is 20.1. The van der Waals surface area contributed by atoms with Crippen LogP contribution in [0.3, 0.4) is 0 Å². The van der Waals surface area contributed by atoms with Gasteiger partial charge in [-0.2, -0.15) is 0 Å². The predicted octanol–water partition coefficient (Wildman–Crippen LogP) is 6.53. The molecule has 0 unspecified atom stereocenters. The number of rotatable bonds is 6. The highest BCUT2D eigenvalue weighted by molar-refractivity contribution is 7.95. The van der Waals surface area contributed by atoms with Crippen LogP contribution in [0.5, 0.6) is 0 Å². The minimum absolute atomic E-state index is 0.00301. The normalized spacial score (nSPS) is 11.2. The Labute approximate surface area is 203 Å². The van der Waals surface area contributed by atoms with Gasteiger partial charge >= 0.3 is 0 Å². The summed E-state index contributed by atoms with van der Waals surface area (Å²) in [6.45, 7) is -2.36. The van der Waals surface area contributed by atoms with Gasteiger partial charge in [0.25, 0.3) is 0 Å². The molecule has 0 bridgehead atoms. The molecule has 0 amide bonds. The van der Waals surface area contributed by atoms with Crippen LogP contribution in [0.1, 0.15) is 9.67 Å². The standard InChI is InChI=1S/C30H22FOPS/c31-24-18-16-23(17-19-24)29-20-21-30(34-29)28(32)22-33(25-10-4-1-5-11-25,26-12-6-2-7-13-26)27-14-8-3-9-15-27/h1-22H. The maximum Gasteiger partial charge on any atom is 0.196 e. The first-order valence-corrected chi connectivity index (χ1v) is 13.7. The van der Waals surface area contributed by atoms with Crippen molar-refractivity contribution in [3.8, 4) is 10.4 Å². The van der Waals surface area contributed by atoms with E-state index in [1.165, 1.54) is 23.5 Å². The molecule has 4 aromatic carbocycles. The Morgan fingerprint density at radius 2 is 1.09 bits per heavy atom. The summed E-state index contributed by atoms with van der Waals surface area (Å²) in [5.74, 6) is 1.68. The lowest BCUT2D eigenvalue weighted by Gasteiger charge is -2.28. The fourth-order valence-corrected chi connectivity index (χ4v) is 8.91. The number of carbonyl (C=O) groups excluding carboxylic acids is 1. The number of thiophene rings is 1. The quantitative estimate of drug-likeness (QED) is 0.199. The summed E-state index contributed by atoms with van der Waals surface area (Å²) in [4.78, 5) is 15.4. The number of halogens is 1. The number of ketones is 1. The maximum absolute atomic E-state index is 13.8. The highest BCUT2D eigenvalue weighted by Gasteiger charge is 2.27. The predicted molar refractivity (Wildman–Crippen MR) is 145 cm³/mol. The Bertz CT molecular complexity index is 1350. The minimum atomic E-state index is -2.36. The Kier molecular flexibility index (Phi) is 6.40. The molecular formula is C30H22FOPS. The molecule has 0 aliphatic heterocycles. The van der Waals surface area contributed by atoms with E-state index in [2.05, 4.69) is 36.4 Å². The molecule has 1 heterocycles. The molecule has 0 radical (unpaired) electrons. The topological polar surface area (TPSA) is 17.1 Å². The summed E-state index contributed by atoms with van der Waals surface area (Å²) < 4.78 is 13.4. The molecule has 34 heavy (non-hydrogen) atoms. The van der Waals surface area contributed by atoms with Gasteiger partial charge in [0.2, 0.25) is 0 Å². The van der Waals surface area contributed by atoms with Gasteiger partial charge in [0.05, 0.1) is 4.88 Å². The third-order valence-corrected chi connectivity index (χ3v) is 10.9. The molecule has 5 aromatic rings. The highest BCUT2D eigenvalue weighted by Crippen LogP contribution is 2.44. The summed E-state index contributed by atoms with van der Waals surface area (Å²) in [6, 6.07) is 41.1. The first-order valence-electron chi connectivity index (χ1n) is 11.0. The smallest absolute Gasteiger partial charge is 0.196 e. The van der Waals surface area contributed by atoms with Gasteiger partial charge in [-0.25, -0.2) is 4.39 Å². The molecule has 0 aliphatic rings. The SMILES string of the molecule is O=C(C=P(c1ccccc1)(c1ccccc1)c1ccccc1)c1ccc(-c2ccc(F)cc2)s1. The molecule has 0 spiro atoms. The zero-order valence-electron chi connectivity index (χ0n) is 18.3. The van der Waals surface area contributed by atoms with Crippen molar-refractivity contribution in [2.45, 2.75) is 0 Å². The van der Waals surface area contributed by atoms with Crippen molar-refractivity contribution in [3.63, 3.8) is 0 Å². The van der Waals surface area contributed by atoms with Gasteiger partial charge in [0, 0.05) is 4.88 Å². The molecule has 0 atom stereocenters. The van der Waals surface area contributed by atoms with Crippen molar-refractivity contribution < 1.29 is 9.18 Å². The van der Waals surface area contributed by atoms with Crippen molar-refractivity contribution in [3.05, 3.63) is 138 Å². The van der Waals surface area contributed by atoms with Crippen LogP contribution < -0.4 is 15.9 Å². The average molecular weight is 481 g/mol. The maximum atomic E-state index is 13.8. The number of benzene rings is 4. The minimum Gasteiger partial charge on any atom is -0.288 e. The number of carbonyl (C=O) groups is 1. The van der Waals surface area contributed by atoms with E-state index in [-0.39, 0.29) is 11.6 Å². The Hall–Kier alpha value is -3.52. The van der Waals surface area contributed by atoms with E-state index < -0.39 is 6.89 Å². The summed E-state index contributed by atoms with van der Waals surface area (Å²) in [7, 11) is 0. The second kappa shape index (κ2) is 9.77. The van der Waals surface area contributed by atoms with Crippen LogP contribution in [-0.2, 0) is 0 Å². The molecule has 5 rings (SSSR count). The summed E-state index contributed by atoms with van der Waals surface area (Å²) in [6.07, 6.45) is 0. The fourth-order valence-electron chi connectivity index (χ4n) is 4.14. The van der Waals surface area contributed by atoms with Crippen LogP contribution in [0.2, 0.25) is 0 Å². The zero-order chi connectivity index (χ0) is 23.4. The first kappa shape index (κ1) is 22.3. The second-order valence-corrected chi connectivity index (χ2v) is 12.2. The van der Waals surface area contributed by atoms with Crippen LogP contribution in [0.15, 0.2) is 127 Å². The van der Waals surface area contributed by atoms with Gasteiger partial charge in [0.1, 0.15) is 5.82 Å². The first-order chi connectivity index (χ1) is 16.7. The van der Waals surface area contributed by atoms with Gasteiger partial charge in [-0.1, -0.05) is 103 Å². The van der Waals surface area contributed by atoms with Crippen LogP contribution in [0.4, 0.5) is 4.39 Å².